The van der Waals surface area contributed by atoms with E-state index in [2.05, 4.69) is 4.74 Å². The van der Waals surface area contributed by atoms with Crippen LogP contribution in [-0.4, -0.2) is 34.1 Å². The summed E-state index contributed by atoms with van der Waals surface area (Å²) in [6, 6.07) is 5.26. The summed E-state index contributed by atoms with van der Waals surface area (Å²) in [6.07, 6.45) is 2.94. The molecular formula is C13H16O5. The first-order valence-corrected chi connectivity index (χ1v) is 5.27. The van der Waals surface area contributed by atoms with Crippen LogP contribution in [0, 0.1) is 0 Å². The molecule has 0 saturated heterocycles. The molecule has 0 saturated carbocycles. The first-order chi connectivity index (χ1) is 8.71. The van der Waals surface area contributed by atoms with Gasteiger partial charge in [0.15, 0.2) is 6.79 Å². The molecule has 0 aromatic heterocycles. The zero-order valence-corrected chi connectivity index (χ0v) is 10.6. The van der Waals surface area contributed by atoms with Crippen molar-refractivity contribution in [2.75, 3.05) is 28.1 Å². The molecule has 0 fully saturated rings. The third-order valence-corrected chi connectivity index (χ3v) is 2.15. The van der Waals surface area contributed by atoms with Gasteiger partial charge in [0, 0.05) is 24.8 Å². The second-order valence-electron chi connectivity index (χ2n) is 3.31. The third kappa shape index (κ3) is 4.10. The van der Waals surface area contributed by atoms with Crippen molar-refractivity contribution in [3.63, 3.8) is 0 Å². The Bertz CT molecular complexity index is 425. The lowest BCUT2D eigenvalue weighted by atomic mass is 10.2. The molecule has 1 rings (SSSR count). The highest BCUT2D eigenvalue weighted by atomic mass is 16.7. The molecule has 0 aliphatic rings. The second-order valence-corrected chi connectivity index (χ2v) is 3.31. The average Bonchev–Trinajstić information content (AvgIpc) is 2.42. The van der Waals surface area contributed by atoms with Crippen molar-refractivity contribution >= 4 is 12.0 Å². The van der Waals surface area contributed by atoms with Crippen LogP contribution in [0.1, 0.15) is 5.56 Å². The van der Waals surface area contributed by atoms with Crippen LogP contribution in [-0.2, 0) is 14.3 Å². The molecule has 0 unspecified atom stereocenters. The summed E-state index contributed by atoms with van der Waals surface area (Å²) in [5, 5.41) is 0. The number of benzene rings is 1. The van der Waals surface area contributed by atoms with Gasteiger partial charge in [0.2, 0.25) is 0 Å². The van der Waals surface area contributed by atoms with Crippen molar-refractivity contribution in [3.8, 4) is 11.5 Å². The van der Waals surface area contributed by atoms with Crippen LogP contribution in [0.15, 0.2) is 24.3 Å². The largest absolute Gasteiger partial charge is 0.496 e. The summed E-state index contributed by atoms with van der Waals surface area (Å²) in [5.74, 6) is 0.810. The topological polar surface area (TPSA) is 54.0 Å². The van der Waals surface area contributed by atoms with E-state index in [1.54, 1.807) is 38.5 Å². The Hall–Kier alpha value is -2.01. The zero-order valence-electron chi connectivity index (χ0n) is 10.6. The van der Waals surface area contributed by atoms with Crippen molar-refractivity contribution in [1.82, 2.24) is 0 Å². The molecule has 0 aliphatic heterocycles. The maximum atomic E-state index is 11.0. The molecule has 5 nitrogen and oxygen atoms in total. The molecule has 0 bridgehead atoms. The number of hydrogen-bond acceptors (Lipinski definition) is 5. The van der Waals surface area contributed by atoms with Gasteiger partial charge in [-0.05, 0) is 18.2 Å². The Labute approximate surface area is 106 Å². The summed E-state index contributed by atoms with van der Waals surface area (Å²) in [5.41, 5.74) is 0.757. The highest BCUT2D eigenvalue weighted by Gasteiger charge is 2.03. The van der Waals surface area contributed by atoms with E-state index in [1.165, 1.54) is 13.2 Å². The van der Waals surface area contributed by atoms with Crippen molar-refractivity contribution in [1.29, 1.82) is 0 Å². The molecule has 0 aliphatic carbocycles. The number of hydrogen-bond donors (Lipinski definition) is 0. The summed E-state index contributed by atoms with van der Waals surface area (Å²) in [6.45, 7) is 0.167. The molecule has 0 heterocycles. The zero-order chi connectivity index (χ0) is 13.4. The minimum Gasteiger partial charge on any atom is -0.496 e. The van der Waals surface area contributed by atoms with E-state index in [9.17, 15) is 4.79 Å². The minimum absolute atomic E-state index is 0.167. The Morgan fingerprint density at radius 3 is 2.67 bits per heavy atom. The maximum absolute atomic E-state index is 11.0. The van der Waals surface area contributed by atoms with E-state index in [1.807, 2.05) is 0 Å². The van der Waals surface area contributed by atoms with Crippen molar-refractivity contribution in [3.05, 3.63) is 29.8 Å². The lowest BCUT2D eigenvalue weighted by Gasteiger charge is -2.09. The Kier molecular flexibility index (Phi) is 5.73. The van der Waals surface area contributed by atoms with Crippen LogP contribution in [0.5, 0.6) is 11.5 Å². The van der Waals surface area contributed by atoms with Crippen LogP contribution in [0.4, 0.5) is 0 Å². The minimum atomic E-state index is -0.420. The monoisotopic (exact) mass is 252 g/mol. The fraction of sp³-hybridized carbons (Fsp3) is 0.308. The standard InChI is InChI=1S/C13H16O5/c1-15-9-18-11-6-4-10(12(8-11)16-2)5-7-13(14)17-3/h4-8H,9H2,1-3H3/b7-5+. The first-order valence-electron chi connectivity index (χ1n) is 5.27. The quantitative estimate of drug-likeness (QED) is 0.439. The number of carbonyl (C=O) groups is 1. The van der Waals surface area contributed by atoms with E-state index >= 15 is 0 Å². The predicted molar refractivity (Wildman–Crippen MR) is 66.5 cm³/mol. The van der Waals surface area contributed by atoms with E-state index in [0.29, 0.717) is 11.5 Å². The molecule has 1 aromatic carbocycles. The normalized spacial score (nSPS) is 10.4. The summed E-state index contributed by atoms with van der Waals surface area (Å²) in [7, 11) is 4.42. The van der Waals surface area contributed by atoms with Gasteiger partial charge < -0.3 is 18.9 Å². The fourth-order valence-corrected chi connectivity index (χ4v) is 1.27. The Balaban J connectivity index is 2.86. The van der Waals surface area contributed by atoms with Crippen molar-refractivity contribution < 1.29 is 23.7 Å². The average molecular weight is 252 g/mol. The fourth-order valence-electron chi connectivity index (χ4n) is 1.27. The molecular weight excluding hydrogens is 236 g/mol. The van der Waals surface area contributed by atoms with E-state index < -0.39 is 5.97 Å². The van der Waals surface area contributed by atoms with E-state index in [0.717, 1.165) is 5.56 Å². The Morgan fingerprint density at radius 1 is 1.28 bits per heavy atom. The van der Waals surface area contributed by atoms with Crippen LogP contribution in [0.25, 0.3) is 6.08 Å². The third-order valence-electron chi connectivity index (χ3n) is 2.15. The highest BCUT2D eigenvalue weighted by Crippen LogP contribution is 2.25. The number of ether oxygens (including phenoxy) is 4. The van der Waals surface area contributed by atoms with Crippen LogP contribution in [0.2, 0.25) is 0 Å². The molecule has 0 amide bonds. The lowest BCUT2D eigenvalue weighted by Crippen LogP contribution is -1.99. The number of carbonyl (C=O) groups excluding carboxylic acids is 1. The molecule has 0 radical (unpaired) electrons. The van der Waals surface area contributed by atoms with Gasteiger partial charge in [-0.2, -0.15) is 0 Å². The van der Waals surface area contributed by atoms with Crippen LogP contribution < -0.4 is 9.47 Å². The number of methoxy groups -OCH3 is 3. The smallest absolute Gasteiger partial charge is 0.330 e. The molecule has 98 valence electrons. The van der Waals surface area contributed by atoms with Gasteiger partial charge in [-0.15, -0.1) is 0 Å². The maximum Gasteiger partial charge on any atom is 0.330 e. The Morgan fingerprint density at radius 2 is 2.06 bits per heavy atom. The SMILES string of the molecule is COCOc1ccc(/C=C/C(=O)OC)c(OC)c1. The van der Waals surface area contributed by atoms with Gasteiger partial charge in [0.1, 0.15) is 11.5 Å². The summed E-state index contributed by atoms with van der Waals surface area (Å²) >= 11 is 0. The first kappa shape index (κ1) is 14.1. The predicted octanol–water partition coefficient (Wildman–Crippen LogP) is 1.86. The van der Waals surface area contributed by atoms with Gasteiger partial charge in [0.05, 0.1) is 14.2 Å². The molecule has 18 heavy (non-hydrogen) atoms. The van der Waals surface area contributed by atoms with Gasteiger partial charge in [-0.1, -0.05) is 0 Å². The molecule has 0 spiro atoms. The van der Waals surface area contributed by atoms with E-state index in [-0.39, 0.29) is 6.79 Å². The second kappa shape index (κ2) is 7.34. The van der Waals surface area contributed by atoms with Gasteiger partial charge in [0.25, 0.3) is 0 Å². The van der Waals surface area contributed by atoms with Crippen molar-refractivity contribution in [2.24, 2.45) is 0 Å². The highest BCUT2D eigenvalue weighted by molar-refractivity contribution is 5.87. The van der Waals surface area contributed by atoms with E-state index in [4.69, 9.17) is 14.2 Å². The molecule has 1 aromatic rings. The van der Waals surface area contributed by atoms with Crippen molar-refractivity contribution in [2.45, 2.75) is 0 Å². The molecule has 0 N–H and O–H groups in total. The lowest BCUT2D eigenvalue weighted by molar-refractivity contribution is -0.134. The number of rotatable bonds is 6. The molecule has 5 heteroatoms. The van der Waals surface area contributed by atoms with Crippen LogP contribution >= 0.6 is 0 Å². The number of esters is 1. The van der Waals surface area contributed by atoms with Gasteiger partial charge in [-0.3, -0.25) is 0 Å². The summed E-state index contributed by atoms with van der Waals surface area (Å²) < 4.78 is 19.8. The molecule has 0 atom stereocenters. The van der Waals surface area contributed by atoms with Gasteiger partial charge in [-0.25, -0.2) is 4.79 Å². The van der Waals surface area contributed by atoms with Crippen LogP contribution in [0.3, 0.4) is 0 Å². The summed E-state index contributed by atoms with van der Waals surface area (Å²) in [4.78, 5) is 11.0. The van der Waals surface area contributed by atoms with Gasteiger partial charge >= 0.3 is 5.97 Å².